The number of H-pyrrole nitrogens is 1. The van der Waals surface area contributed by atoms with Gasteiger partial charge >= 0.3 is 5.97 Å². The molecule has 3 rings (SSSR count). The number of thioether (sulfide) groups is 1. The van der Waals surface area contributed by atoms with Crippen LogP contribution in [-0.2, 0) is 9.53 Å². The number of non-ortho nitro benzene ring substituents is 1. The van der Waals surface area contributed by atoms with Crippen LogP contribution < -0.4 is 5.56 Å². The number of aromatic nitrogens is 2. The zero-order valence-corrected chi connectivity index (χ0v) is 15.1. The molecule has 0 bridgehead atoms. The minimum atomic E-state index is -0.715. The Kier molecular flexibility index (Phi) is 5.51. The molecule has 0 radical (unpaired) electrons. The Balaban J connectivity index is 1.62. The number of para-hydroxylation sites is 1. The van der Waals surface area contributed by atoms with E-state index in [9.17, 15) is 19.7 Å². The molecule has 1 heterocycles. The number of nitrogens with one attached hydrogen (secondary N) is 1. The second kappa shape index (κ2) is 8.00. The van der Waals surface area contributed by atoms with Gasteiger partial charge in [-0.3, -0.25) is 19.7 Å². The number of carbonyl (C=O) groups excluding carboxylic acids is 1. The predicted octanol–water partition coefficient (Wildman–Crippen LogP) is 3.23. The summed E-state index contributed by atoms with van der Waals surface area (Å²) in [5.41, 5.74) is 0.222. The number of rotatable bonds is 6. The van der Waals surface area contributed by atoms with E-state index in [-0.39, 0.29) is 22.8 Å². The van der Waals surface area contributed by atoms with E-state index in [4.69, 9.17) is 4.74 Å². The molecule has 2 aromatic carbocycles. The fourth-order valence-electron chi connectivity index (χ4n) is 2.39. The third-order valence-electron chi connectivity index (χ3n) is 3.73. The van der Waals surface area contributed by atoms with Crippen molar-refractivity contribution in [1.82, 2.24) is 9.97 Å². The summed E-state index contributed by atoms with van der Waals surface area (Å²) in [4.78, 5) is 42.0. The van der Waals surface area contributed by atoms with Gasteiger partial charge in [-0.1, -0.05) is 12.1 Å². The lowest BCUT2D eigenvalue weighted by molar-refractivity contribution is -0.384. The normalized spacial score (nSPS) is 11.9. The minimum absolute atomic E-state index is 0.0121. The molecule has 1 aromatic heterocycles. The molecule has 1 N–H and O–H groups in total. The maximum atomic E-state index is 12.1. The fraction of sp³-hybridized carbons (Fsp3) is 0.167. The summed E-state index contributed by atoms with van der Waals surface area (Å²) in [5.74, 6) is -0.186. The van der Waals surface area contributed by atoms with Gasteiger partial charge in [0.25, 0.3) is 11.2 Å². The van der Waals surface area contributed by atoms with Gasteiger partial charge in [-0.15, -0.1) is 11.8 Å². The quantitative estimate of drug-likeness (QED) is 0.300. The van der Waals surface area contributed by atoms with Crippen LogP contribution in [0.25, 0.3) is 10.9 Å². The summed E-state index contributed by atoms with van der Waals surface area (Å²) in [7, 11) is 0. The summed E-state index contributed by atoms with van der Waals surface area (Å²) >= 11 is 1.20. The van der Waals surface area contributed by atoms with Gasteiger partial charge in [0, 0.05) is 17.0 Å². The molecule has 3 aromatic rings. The number of ether oxygens (including phenoxy) is 1. The Labute approximate surface area is 157 Å². The molecule has 0 aliphatic carbocycles. The van der Waals surface area contributed by atoms with Crippen molar-refractivity contribution in [3.8, 4) is 0 Å². The van der Waals surface area contributed by atoms with Crippen LogP contribution in [0.15, 0.2) is 58.2 Å². The highest BCUT2D eigenvalue weighted by Gasteiger charge is 2.16. The van der Waals surface area contributed by atoms with Gasteiger partial charge in [-0.05, 0) is 31.2 Å². The zero-order valence-electron chi connectivity index (χ0n) is 14.2. The Bertz CT molecular complexity index is 1050. The van der Waals surface area contributed by atoms with E-state index in [1.165, 1.54) is 23.9 Å². The highest BCUT2D eigenvalue weighted by Crippen LogP contribution is 2.22. The van der Waals surface area contributed by atoms with E-state index in [0.717, 1.165) is 0 Å². The Morgan fingerprint density at radius 3 is 2.67 bits per heavy atom. The van der Waals surface area contributed by atoms with Crippen molar-refractivity contribution >= 4 is 34.3 Å². The van der Waals surface area contributed by atoms with Crippen LogP contribution in [0.3, 0.4) is 0 Å². The van der Waals surface area contributed by atoms with Crippen molar-refractivity contribution in [3.63, 3.8) is 0 Å². The predicted molar refractivity (Wildman–Crippen MR) is 101 cm³/mol. The molecular weight excluding hydrogens is 370 g/mol. The van der Waals surface area contributed by atoms with E-state index in [0.29, 0.717) is 15.8 Å². The molecule has 8 nitrogen and oxygen atoms in total. The third-order valence-corrected chi connectivity index (χ3v) is 4.71. The molecule has 1 atom stereocenters. The zero-order chi connectivity index (χ0) is 19.4. The highest BCUT2D eigenvalue weighted by atomic mass is 32.2. The Morgan fingerprint density at radius 1 is 1.26 bits per heavy atom. The second-order valence-corrected chi connectivity index (χ2v) is 6.69. The van der Waals surface area contributed by atoms with Crippen molar-refractivity contribution in [3.05, 3.63) is 74.8 Å². The third kappa shape index (κ3) is 4.50. The van der Waals surface area contributed by atoms with Crippen molar-refractivity contribution in [2.24, 2.45) is 0 Å². The van der Waals surface area contributed by atoms with Crippen LogP contribution in [0.5, 0.6) is 0 Å². The average molecular weight is 385 g/mol. The average Bonchev–Trinajstić information content (AvgIpc) is 2.66. The van der Waals surface area contributed by atoms with Gasteiger partial charge in [0.2, 0.25) is 0 Å². The molecule has 27 heavy (non-hydrogen) atoms. The Hall–Kier alpha value is -3.20. The number of carbonyl (C=O) groups is 1. The summed E-state index contributed by atoms with van der Waals surface area (Å²) in [6, 6.07) is 12.8. The summed E-state index contributed by atoms with van der Waals surface area (Å²) in [6.07, 6.45) is -0.715. The summed E-state index contributed by atoms with van der Waals surface area (Å²) in [6.45, 7) is 1.63. The molecule has 0 spiro atoms. The number of nitro benzene ring substituents is 1. The van der Waals surface area contributed by atoms with E-state index < -0.39 is 17.0 Å². The minimum Gasteiger partial charge on any atom is -0.454 e. The maximum Gasteiger partial charge on any atom is 0.316 e. The van der Waals surface area contributed by atoms with Gasteiger partial charge in [0.05, 0.1) is 21.6 Å². The standard InChI is InChI=1S/C18H15N3O5S/c1-11(17-19-15-5-3-2-4-14(15)18(23)20-17)26-16(22)10-27-13-8-6-12(7-9-13)21(24)25/h2-9,11H,10H2,1H3,(H,19,20,23)/t11-/m1/s1. The molecule has 9 heteroatoms. The first-order valence-corrected chi connectivity index (χ1v) is 8.98. The van der Waals surface area contributed by atoms with Gasteiger partial charge < -0.3 is 9.72 Å². The lowest BCUT2D eigenvalue weighted by atomic mass is 10.2. The van der Waals surface area contributed by atoms with E-state index in [2.05, 4.69) is 9.97 Å². The lowest BCUT2D eigenvalue weighted by Crippen LogP contribution is -2.18. The SMILES string of the molecule is C[C@@H](OC(=O)CSc1ccc([N+](=O)[O-])cc1)c1nc2ccccc2c(=O)[nH]1. The number of esters is 1. The number of hydrogen-bond donors (Lipinski definition) is 1. The molecule has 0 unspecified atom stereocenters. The topological polar surface area (TPSA) is 115 Å². The molecule has 138 valence electrons. The first-order valence-electron chi connectivity index (χ1n) is 8.00. The molecule has 0 aliphatic heterocycles. The number of nitrogens with zero attached hydrogens (tertiary/aromatic N) is 2. The van der Waals surface area contributed by atoms with Crippen LogP contribution in [0.1, 0.15) is 18.9 Å². The first kappa shape index (κ1) is 18.6. The number of aromatic amines is 1. The van der Waals surface area contributed by atoms with Crippen LogP contribution >= 0.6 is 11.8 Å². The molecule has 0 saturated carbocycles. The van der Waals surface area contributed by atoms with Crippen LogP contribution in [0.2, 0.25) is 0 Å². The van der Waals surface area contributed by atoms with Crippen molar-refractivity contribution in [1.29, 1.82) is 0 Å². The van der Waals surface area contributed by atoms with Crippen LogP contribution in [0.4, 0.5) is 5.69 Å². The maximum absolute atomic E-state index is 12.1. The Morgan fingerprint density at radius 2 is 1.96 bits per heavy atom. The fourth-order valence-corrected chi connectivity index (χ4v) is 3.07. The van der Waals surface area contributed by atoms with Crippen molar-refractivity contribution in [2.75, 3.05) is 5.75 Å². The number of benzene rings is 2. The van der Waals surface area contributed by atoms with E-state index in [1.54, 1.807) is 43.3 Å². The van der Waals surface area contributed by atoms with E-state index >= 15 is 0 Å². The van der Waals surface area contributed by atoms with Gasteiger partial charge in [0.1, 0.15) is 0 Å². The molecular formula is C18H15N3O5S. The number of hydrogen-bond acceptors (Lipinski definition) is 7. The van der Waals surface area contributed by atoms with E-state index in [1.807, 2.05) is 0 Å². The number of nitro groups is 1. The first-order chi connectivity index (χ1) is 12.9. The molecule has 0 saturated heterocycles. The molecule has 0 fully saturated rings. The largest absolute Gasteiger partial charge is 0.454 e. The van der Waals surface area contributed by atoms with Crippen molar-refractivity contribution in [2.45, 2.75) is 17.9 Å². The number of fused-ring (bicyclic) bond motifs is 1. The molecule has 0 aliphatic rings. The van der Waals surface area contributed by atoms with Crippen LogP contribution in [0, 0.1) is 10.1 Å². The second-order valence-electron chi connectivity index (χ2n) is 5.64. The highest BCUT2D eigenvalue weighted by molar-refractivity contribution is 8.00. The monoisotopic (exact) mass is 385 g/mol. The summed E-state index contributed by atoms with van der Waals surface area (Å²) in [5, 5.41) is 11.1. The lowest BCUT2D eigenvalue weighted by Gasteiger charge is -2.13. The van der Waals surface area contributed by atoms with Gasteiger partial charge in [-0.25, -0.2) is 4.98 Å². The molecule has 0 amide bonds. The summed E-state index contributed by atoms with van der Waals surface area (Å²) < 4.78 is 5.32. The smallest absolute Gasteiger partial charge is 0.316 e. The van der Waals surface area contributed by atoms with Crippen molar-refractivity contribution < 1.29 is 14.5 Å². The van der Waals surface area contributed by atoms with Gasteiger partial charge in [0.15, 0.2) is 11.9 Å². The van der Waals surface area contributed by atoms with Crippen LogP contribution in [-0.4, -0.2) is 26.6 Å². The van der Waals surface area contributed by atoms with Gasteiger partial charge in [-0.2, -0.15) is 0 Å².